The van der Waals surface area contributed by atoms with Gasteiger partial charge in [-0.2, -0.15) is 0 Å². The van der Waals surface area contributed by atoms with Gasteiger partial charge in [-0.15, -0.1) is 0 Å². The fourth-order valence-electron chi connectivity index (χ4n) is 4.42. The van der Waals surface area contributed by atoms with Gasteiger partial charge in [-0.3, -0.25) is 4.79 Å². The maximum Gasteiger partial charge on any atom is 0.306 e. The number of carboxylic acids is 1. The van der Waals surface area contributed by atoms with E-state index in [4.69, 9.17) is 9.84 Å². The largest absolute Gasteiger partial charge is 0.489 e. The third kappa shape index (κ3) is 7.86. The van der Waals surface area contributed by atoms with Crippen LogP contribution in [0.3, 0.4) is 0 Å². The first-order valence-corrected chi connectivity index (χ1v) is 12.4. The van der Waals surface area contributed by atoms with Crippen LogP contribution in [0.5, 0.6) is 5.75 Å². The summed E-state index contributed by atoms with van der Waals surface area (Å²) in [6, 6.07) is 15.6. The van der Waals surface area contributed by atoms with E-state index in [9.17, 15) is 4.79 Å². The molecule has 3 rings (SSSR count). The van der Waals surface area contributed by atoms with Crippen LogP contribution in [0.1, 0.15) is 52.9 Å². The van der Waals surface area contributed by atoms with Gasteiger partial charge in [0.2, 0.25) is 0 Å². The summed E-state index contributed by atoms with van der Waals surface area (Å²) < 4.78 is 6.28. The highest BCUT2D eigenvalue weighted by atomic mass is 16.5. The van der Waals surface area contributed by atoms with Crippen molar-refractivity contribution in [2.45, 2.75) is 65.0 Å². The molecule has 0 bridgehead atoms. The van der Waals surface area contributed by atoms with Crippen LogP contribution in [-0.2, 0) is 4.79 Å². The summed E-state index contributed by atoms with van der Waals surface area (Å²) in [6.45, 7) is 9.96. The molecule has 5 heteroatoms. The molecule has 2 aromatic rings. The third-order valence-corrected chi connectivity index (χ3v) is 6.74. The van der Waals surface area contributed by atoms with Crippen LogP contribution in [0.2, 0.25) is 0 Å². The highest BCUT2D eigenvalue weighted by Gasteiger charge is 2.20. The number of allylic oxidation sites excluding steroid dienone is 1. The van der Waals surface area contributed by atoms with Gasteiger partial charge >= 0.3 is 5.97 Å². The van der Waals surface area contributed by atoms with Gasteiger partial charge in [0.1, 0.15) is 12.4 Å². The molecule has 1 unspecified atom stereocenters. The normalized spacial score (nSPS) is 16.9. The van der Waals surface area contributed by atoms with Crippen molar-refractivity contribution in [2.75, 3.05) is 26.2 Å². The first-order valence-electron chi connectivity index (χ1n) is 12.4. The molecule has 33 heavy (non-hydrogen) atoms. The number of ether oxygens (including phenoxy) is 1. The minimum atomic E-state index is -0.715. The maximum absolute atomic E-state index is 11.1. The van der Waals surface area contributed by atoms with E-state index in [1.54, 1.807) is 6.92 Å². The van der Waals surface area contributed by atoms with E-state index in [0.29, 0.717) is 25.1 Å². The summed E-state index contributed by atoms with van der Waals surface area (Å²) in [7, 11) is 0. The molecule has 0 spiro atoms. The van der Waals surface area contributed by atoms with Crippen molar-refractivity contribution < 1.29 is 14.6 Å². The second-order valence-electron chi connectivity index (χ2n) is 9.58. The number of piperidine rings is 1. The molecule has 0 aliphatic carbocycles. The average Bonchev–Trinajstić information content (AvgIpc) is 2.82. The molecule has 180 valence electrons. The van der Waals surface area contributed by atoms with Crippen LogP contribution in [0, 0.1) is 5.92 Å². The zero-order valence-corrected chi connectivity index (χ0v) is 20.4. The Morgan fingerprint density at radius 1 is 1.15 bits per heavy atom. The number of hydrogen-bond donors (Lipinski definition) is 2. The Kier molecular flexibility index (Phi) is 9.76. The Balaban J connectivity index is 1.58. The molecule has 0 radical (unpaired) electrons. The highest BCUT2D eigenvalue weighted by molar-refractivity contribution is 5.88. The van der Waals surface area contributed by atoms with Crippen molar-refractivity contribution in [3.63, 3.8) is 0 Å². The van der Waals surface area contributed by atoms with Gasteiger partial charge in [0.15, 0.2) is 0 Å². The molecule has 2 aromatic carbocycles. The number of likely N-dealkylation sites (tertiary alicyclic amines) is 1. The quantitative estimate of drug-likeness (QED) is 0.329. The van der Waals surface area contributed by atoms with Crippen LogP contribution in [-0.4, -0.2) is 54.3 Å². The zero-order chi connectivity index (χ0) is 23.6. The van der Waals surface area contributed by atoms with Crippen LogP contribution < -0.4 is 10.1 Å². The lowest BCUT2D eigenvalue weighted by Crippen LogP contribution is -2.45. The van der Waals surface area contributed by atoms with E-state index < -0.39 is 5.97 Å². The fourth-order valence-corrected chi connectivity index (χ4v) is 4.42. The number of unbranched alkanes of at least 4 members (excludes halogenated alkanes) is 1. The van der Waals surface area contributed by atoms with Gasteiger partial charge in [0, 0.05) is 24.0 Å². The highest BCUT2D eigenvalue weighted by Crippen LogP contribution is 2.25. The number of rotatable bonds is 12. The lowest BCUT2D eigenvalue weighted by atomic mass is 10.0. The molecular formula is C28H40N2O3. The number of carboxylic acid groups (broad SMARTS) is 1. The Labute approximate surface area is 198 Å². The molecule has 1 saturated heterocycles. The van der Waals surface area contributed by atoms with Gasteiger partial charge < -0.3 is 20.1 Å². The summed E-state index contributed by atoms with van der Waals surface area (Å²) in [4.78, 5) is 13.6. The molecule has 1 aliphatic heterocycles. The van der Waals surface area contributed by atoms with Crippen LogP contribution >= 0.6 is 0 Å². The second kappa shape index (κ2) is 12.8. The molecule has 1 aliphatic rings. The van der Waals surface area contributed by atoms with E-state index >= 15 is 0 Å². The Bertz CT molecular complexity index is 911. The predicted molar refractivity (Wildman–Crippen MR) is 136 cm³/mol. The van der Waals surface area contributed by atoms with Gasteiger partial charge in [-0.05, 0) is 76.1 Å². The second-order valence-corrected chi connectivity index (χ2v) is 9.58. The summed E-state index contributed by atoms with van der Waals surface area (Å²) in [5, 5.41) is 15.2. The first-order chi connectivity index (χ1) is 15.9. The summed E-state index contributed by atoms with van der Waals surface area (Å²) in [5.41, 5.74) is 1.23. The van der Waals surface area contributed by atoms with E-state index in [1.165, 1.54) is 23.8 Å². The molecular weight excluding hydrogens is 412 g/mol. The Hall–Kier alpha value is -2.37. The van der Waals surface area contributed by atoms with Crippen molar-refractivity contribution in [1.29, 1.82) is 0 Å². The first kappa shape index (κ1) is 25.3. The molecule has 0 saturated carbocycles. The van der Waals surface area contributed by atoms with Gasteiger partial charge in [-0.1, -0.05) is 49.4 Å². The molecule has 1 heterocycles. The van der Waals surface area contributed by atoms with Crippen molar-refractivity contribution in [3.05, 3.63) is 54.1 Å². The van der Waals surface area contributed by atoms with E-state index in [-0.39, 0.29) is 5.92 Å². The summed E-state index contributed by atoms with van der Waals surface area (Å²) in [6.07, 6.45) is 7.04. The van der Waals surface area contributed by atoms with Crippen molar-refractivity contribution in [1.82, 2.24) is 10.2 Å². The Morgan fingerprint density at radius 2 is 1.88 bits per heavy atom. The van der Waals surface area contributed by atoms with Gasteiger partial charge in [0.25, 0.3) is 0 Å². The number of hydrogen-bond acceptors (Lipinski definition) is 4. The molecule has 0 aromatic heterocycles. The SMILES string of the molecule is CC(CCCC=C(CNC1CCN(C(C)C)CC1)COc1cccc2ccccc12)C(=O)O. The standard InChI is InChI=1S/C28H40N2O3/c1-21(2)30-17-15-25(16-18-30)29-19-23(10-5-4-9-22(3)28(31)32)20-33-27-14-8-12-24-11-6-7-13-26(24)27/h6-8,10-14,21-22,25,29H,4-5,9,15-20H2,1-3H3,(H,31,32). The number of nitrogens with zero attached hydrogens (tertiary/aromatic N) is 1. The lowest BCUT2D eigenvalue weighted by Gasteiger charge is -2.35. The van der Waals surface area contributed by atoms with E-state index in [2.05, 4.69) is 48.3 Å². The lowest BCUT2D eigenvalue weighted by molar-refractivity contribution is -0.141. The minimum Gasteiger partial charge on any atom is -0.489 e. The predicted octanol–water partition coefficient (Wildman–Crippen LogP) is 5.50. The summed E-state index contributed by atoms with van der Waals surface area (Å²) in [5.74, 6) is -0.102. The molecule has 5 nitrogen and oxygen atoms in total. The molecule has 1 atom stereocenters. The minimum absolute atomic E-state index is 0.293. The van der Waals surface area contributed by atoms with E-state index in [0.717, 1.165) is 43.6 Å². The van der Waals surface area contributed by atoms with Crippen LogP contribution in [0.25, 0.3) is 10.8 Å². The smallest absolute Gasteiger partial charge is 0.306 e. The molecule has 2 N–H and O–H groups in total. The summed E-state index contributed by atoms with van der Waals surface area (Å²) >= 11 is 0. The fraction of sp³-hybridized carbons (Fsp3) is 0.536. The Morgan fingerprint density at radius 3 is 2.61 bits per heavy atom. The van der Waals surface area contributed by atoms with Gasteiger partial charge in [-0.25, -0.2) is 0 Å². The average molecular weight is 453 g/mol. The van der Waals surface area contributed by atoms with Crippen molar-refractivity contribution in [3.8, 4) is 5.75 Å². The number of aliphatic carboxylic acids is 1. The topological polar surface area (TPSA) is 61.8 Å². The number of carbonyl (C=O) groups is 1. The molecule has 1 fully saturated rings. The van der Waals surface area contributed by atoms with Crippen LogP contribution in [0.15, 0.2) is 54.1 Å². The zero-order valence-electron chi connectivity index (χ0n) is 20.4. The van der Waals surface area contributed by atoms with Crippen molar-refractivity contribution in [2.24, 2.45) is 5.92 Å². The molecule has 0 amide bonds. The third-order valence-electron chi connectivity index (χ3n) is 6.74. The number of nitrogens with one attached hydrogen (secondary N) is 1. The van der Waals surface area contributed by atoms with Crippen molar-refractivity contribution >= 4 is 16.7 Å². The number of fused-ring (bicyclic) bond motifs is 1. The number of benzene rings is 2. The van der Waals surface area contributed by atoms with Gasteiger partial charge in [0.05, 0.1) is 5.92 Å². The monoisotopic (exact) mass is 452 g/mol. The van der Waals surface area contributed by atoms with Crippen LogP contribution in [0.4, 0.5) is 0 Å². The van der Waals surface area contributed by atoms with E-state index in [1.807, 2.05) is 24.3 Å². The maximum atomic E-state index is 11.1.